The van der Waals surface area contributed by atoms with Crippen LogP contribution in [0.1, 0.15) is 119 Å². The second kappa shape index (κ2) is 9.23. The van der Waals surface area contributed by atoms with Crippen LogP contribution in [0.3, 0.4) is 0 Å². The first kappa shape index (κ1) is 28.0. The van der Waals surface area contributed by atoms with Crippen LogP contribution in [-0.2, 0) is 19.1 Å². The molecular weight excluding hydrogens is 478 g/mol. The summed E-state index contributed by atoms with van der Waals surface area (Å²) in [6.45, 7) is 12.9. The minimum absolute atomic E-state index is 0.0480. The molecule has 0 saturated heterocycles. The Bertz CT molecular complexity index is 975. The maximum Gasteiger partial charge on any atom is 0.309 e. The Hall–Kier alpha value is -1.59. The van der Waals surface area contributed by atoms with Crippen molar-refractivity contribution < 1.29 is 24.2 Å². The molecule has 0 aliphatic heterocycles. The molecule has 9 unspecified atom stereocenters. The molecule has 5 aliphatic rings. The first-order valence-electron chi connectivity index (χ1n) is 15.4. The predicted octanol–water partition coefficient (Wildman–Crippen LogP) is 6.36. The molecule has 6 nitrogen and oxygen atoms in total. The molecule has 5 rings (SSSR count). The smallest absolute Gasteiger partial charge is 0.309 e. The van der Waals surface area contributed by atoms with Gasteiger partial charge >= 0.3 is 11.9 Å². The molecule has 0 spiro atoms. The lowest BCUT2D eigenvalue weighted by atomic mass is 9.36. The van der Waals surface area contributed by atoms with Gasteiger partial charge in [0.25, 0.3) is 0 Å². The van der Waals surface area contributed by atoms with Crippen LogP contribution in [0.4, 0.5) is 0 Å². The number of hydrogen-bond acceptors (Lipinski definition) is 4. The Kier molecular flexibility index (Phi) is 6.79. The van der Waals surface area contributed by atoms with E-state index >= 15 is 0 Å². The molecule has 5 fully saturated rings. The van der Waals surface area contributed by atoms with Crippen molar-refractivity contribution in [2.24, 2.45) is 51.2 Å². The van der Waals surface area contributed by atoms with E-state index < -0.39 is 11.4 Å². The number of nitrogens with one attached hydrogen (secondary N) is 1. The summed E-state index contributed by atoms with van der Waals surface area (Å²) in [5, 5.41) is 12.8. The highest BCUT2D eigenvalue weighted by atomic mass is 16.5. The van der Waals surface area contributed by atoms with E-state index in [0.29, 0.717) is 23.2 Å². The fraction of sp³-hybridized carbons (Fsp3) is 0.906. The van der Waals surface area contributed by atoms with Crippen molar-refractivity contribution in [3.05, 3.63) is 0 Å². The van der Waals surface area contributed by atoms with E-state index in [2.05, 4.69) is 33.0 Å². The number of aliphatic carboxylic acids is 1. The third kappa shape index (κ3) is 4.05. The average Bonchev–Trinajstić information content (AvgIpc) is 3.24. The summed E-state index contributed by atoms with van der Waals surface area (Å²) < 4.78 is 6.08. The molecular formula is C32H51NO5. The van der Waals surface area contributed by atoms with Crippen molar-refractivity contribution in [2.45, 2.75) is 130 Å². The standard InChI is InChI=1S/C32H51NO5/c1-28(2,27(36)37)18-26(35)38-25-13-16-31(6)23(29(25,3)4)12-15-30(5)21-11-17-32(33-19-34)14-7-8-22(32)20(21)9-10-24(30)31/h19-25H,7-18H2,1-6H3,(H,33,34)(H,36,37). The number of hydrogen-bond donors (Lipinski definition) is 2. The fourth-order valence-electron chi connectivity index (χ4n) is 11.4. The van der Waals surface area contributed by atoms with Gasteiger partial charge in [-0.15, -0.1) is 0 Å². The molecule has 38 heavy (non-hydrogen) atoms. The SMILES string of the molecule is CC(C)(CC(=O)OC1CCC2(C)C(CCC3(C)C4CCC5(NC=O)CCCC5C4CCC32)C1(C)C)C(=O)O. The number of esters is 1. The van der Waals surface area contributed by atoms with Gasteiger partial charge in [-0.05, 0) is 118 Å². The van der Waals surface area contributed by atoms with Gasteiger partial charge in [0, 0.05) is 11.0 Å². The van der Waals surface area contributed by atoms with Gasteiger partial charge in [-0.25, -0.2) is 0 Å². The third-order valence-corrected chi connectivity index (χ3v) is 13.2. The monoisotopic (exact) mass is 529 g/mol. The first-order chi connectivity index (χ1) is 17.7. The summed E-state index contributed by atoms with van der Waals surface area (Å²) in [7, 11) is 0. The number of carboxylic acids is 1. The van der Waals surface area contributed by atoms with Gasteiger partial charge in [0.15, 0.2) is 0 Å². The van der Waals surface area contributed by atoms with Crippen molar-refractivity contribution in [3.63, 3.8) is 0 Å². The summed E-state index contributed by atoms with van der Waals surface area (Å²) in [5.74, 6) is 1.90. The lowest BCUT2D eigenvalue weighted by Crippen LogP contribution is -2.65. The van der Waals surface area contributed by atoms with E-state index in [1.165, 1.54) is 38.5 Å². The van der Waals surface area contributed by atoms with Crippen LogP contribution in [0.5, 0.6) is 0 Å². The van der Waals surface area contributed by atoms with Crippen LogP contribution in [0.25, 0.3) is 0 Å². The zero-order valence-electron chi connectivity index (χ0n) is 24.6. The van der Waals surface area contributed by atoms with Gasteiger partial charge < -0.3 is 15.2 Å². The van der Waals surface area contributed by atoms with Crippen molar-refractivity contribution in [1.29, 1.82) is 0 Å². The summed E-state index contributed by atoms with van der Waals surface area (Å²) in [4.78, 5) is 35.9. The van der Waals surface area contributed by atoms with Crippen LogP contribution < -0.4 is 5.32 Å². The van der Waals surface area contributed by atoms with Gasteiger partial charge in [0.05, 0.1) is 11.8 Å². The normalized spacial score (nSPS) is 45.5. The minimum atomic E-state index is -1.12. The Morgan fingerprint density at radius 2 is 1.61 bits per heavy atom. The van der Waals surface area contributed by atoms with Gasteiger partial charge in [-0.3, -0.25) is 14.4 Å². The van der Waals surface area contributed by atoms with Gasteiger partial charge in [-0.1, -0.05) is 34.1 Å². The van der Waals surface area contributed by atoms with Crippen LogP contribution in [0.15, 0.2) is 0 Å². The van der Waals surface area contributed by atoms with Crippen LogP contribution >= 0.6 is 0 Å². The fourth-order valence-corrected chi connectivity index (χ4v) is 11.4. The molecule has 0 aromatic carbocycles. The zero-order chi connectivity index (χ0) is 27.7. The number of rotatable bonds is 6. The molecule has 6 heteroatoms. The zero-order valence-corrected chi connectivity index (χ0v) is 24.6. The molecule has 9 atom stereocenters. The second-order valence-electron chi connectivity index (χ2n) is 15.7. The number of fused-ring (bicyclic) bond motifs is 7. The summed E-state index contributed by atoms with van der Waals surface area (Å²) >= 11 is 0. The van der Waals surface area contributed by atoms with E-state index in [1.807, 2.05) is 0 Å². The van der Waals surface area contributed by atoms with E-state index in [9.17, 15) is 19.5 Å². The van der Waals surface area contributed by atoms with Crippen LogP contribution in [0.2, 0.25) is 0 Å². The molecule has 2 N–H and O–H groups in total. The Labute approximate surface area is 229 Å². The largest absolute Gasteiger partial charge is 0.481 e. The van der Waals surface area contributed by atoms with E-state index in [4.69, 9.17) is 4.74 Å². The molecule has 0 heterocycles. The Balaban J connectivity index is 1.34. The highest BCUT2D eigenvalue weighted by Gasteiger charge is 2.66. The number of carbonyl (C=O) groups excluding carboxylic acids is 2. The molecule has 5 saturated carbocycles. The Morgan fingerprint density at radius 3 is 2.29 bits per heavy atom. The van der Waals surface area contributed by atoms with E-state index in [1.54, 1.807) is 13.8 Å². The first-order valence-corrected chi connectivity index (χ1v) is 15.4. The van der Waals surface area contributed by atoms with Crippen molar-refractivity contribution >= 4 is 18.3 Å². The van der Waals surface area contributed by atoms with Gasteiger partial charge in [-0.2, -0.15) is 0 Å². The molecule has 0 aromatic heterocycles. The maximum atomic E-state index is 12.8. The molecule has 1 amide bonds. The van der Waals surface area contributed by atoms with Crippen LogP contribution in [0, 0.1) is 51.2 Å². The average molecular weight is 530 g/mol. The van der Waals surface area contributed by atoms with Crippen molar-refractivity contribution in [3.8, 4) is 0 Å². The number of carbonyl (C=O) groups is 3. The van der Waals surface area contributed by atoms with E-state index in [0.717, 1.165) is 50.4 Å². The summed E-state index contributed by atoms with van der Waals surface area (Å²) in [5.41, 5.74) is -0.666. The minimum Gasteiger partial charge on any atom is -0.481 e. The number of ether oxygens (including phenoxy) is 1. The van der Waals surface area contributed by atoms with Crippen molar-refractivity contribution in [1.82, 2.24) is 5.32 Å². The van der Waals surface area contributed by atoms with Crippen LogP contribution in [-0.4, -0.2) is 35.1 Å². The van der Waals surface area contributed by atoms with Gasteiger partial charge in [0.1, 0.15) is 6.10 Å². The molecule has 0 bridgehead atoms. The lowest BCUT2D eigenvalue weighted by Gasteiger charge is -2.69. The molecule has 0 aromatic rings. The lowest BCUT2D eigenvalue weighted by molar-refractivity contribution is -0.220. The maximum absolute atomic E-state index is 12.8. The van der Waals surface area contributed by atoms with E-state index in [-0.39, 0.29) is 34.9 Å². The molecule has 214 valence electrons. The predicted molar refractivity (Wildman–Crippen MR) is 146 cm³/mol. The number of carboxylic acid groups (broad SMARTS) is 1. The summed E-state index contributed by atoms with van der Waals surface area (Å²) in [6, 6.07) is 0. The highest BCUT2D eigenvalue weighted by molar-refractivity contribution is 5.81. The molecule has 0 radical (unpaired) electrons. The topological polar surface area (TPSA) is 92.7 Å². The third-order valence-electron chi connectivity index (χ3n) is 13.2. The molecule has 5 aliphatic carbocycles. The van der Waals surface area contributed by atoms with Crippen molar-refractivity contribution in [2.75, 3.05) is 0 Å². The summed E-state index contributed by atoms with van der Waals surface area (Å²) in [6.07, 6.45) is 13.6. The quantitative estimate of drug-likeness (QED) is 0.308. The second-order valence-corrected chi connectivity index (χ2v) is 15.7. The number of amides is 1. The highest BCUT2D eigenvalue weighted by Crippen LogP contribution is 2.72. The van der Waals surface area contributed by atoms with Gasteiger partial charge in [0.2, 0.25) is 6.41 Å². The Morgan fingerprint density at radius 1 is 0.895 bits per heavy atom.